The van der Waals surface area contributed by atoms with Crippen molar-refractivity contribution >= 4 is 35.9 Å². The van der Waals surface area contributed by atoms with Gasteiger partial charge in [0.2, 0.25) is 0 Å². The maximum atomic E-state index is 10.9. The van der Waals surface area contributed by atoms with Gasteiger partial charge in [-0.2, -0.15) is 0 Å². The standard InChI is InChI=1S/C14H29N3O2.HI/c1-12(2)11-17-14(15-3)16-10-8-6-5-7-9-13(18)19-4;/h12H,5-11H2,1-4H3,(H2,15,16,17);1H. The topological polar surface area (TPSA) is 62.7 Å². The highest BCUT2D eigenvalue weighted by Crippen LogP contribution is 2.03. The van der Waals surface area contributed by atoms with Crippen molar-refractivity contribution in [2.45, 2.75) is 46.0 Å². The molecule has 0 spiro atoms. The maximum absolute atomic E-state index is 10.9. The minimum absolute atomic E-state index is 0. The molecule has 0 fully saturated rings. The molecule has 0 aliphatic carbocycles. The van der Waals surface area contributed by atoms with Crippen LogP contribution >= 0.6 is 24.0 Å². The third kappa shape index (κ3) is 13.9. The van der Waals surface area contributed by atoms with E-state index < -0.39 is 0 Å². The molecule has 5 nitrogen and oxygen atoms in total. The van der Waals surface area contributed by atoms with E-state index in [1.165, 1.54) is 7.11 Å². The number of ether oxygens (including phenoxy) is 1. The summed E-state index contributed by atoms with van der Waals surface area (Å²) < 4.78 is 4.59. The van der Waals surface area contributed by atoms with Crippen LogP contribution in [0.25, 0.3) is 0 Å². The number of hydrogen-bond acceptors (Lipinski definition) is 3. The van der Waals surface area contributed by atoms with Crippen molar-refractivity contribution in [3.63, 3.8) is 0 Å². The average molecular weight is 399 g/mol. The highest BCUT2D eigenvalue weighted by Gasteiger charge is 2.00. The second-order valence-electron chi connectivity index (χ2n) is 5.01. The Kier molecular flexibility index (Phi) is 16.2. The van der Waals surface area contributed by atoms with Crippen LogP contribution in [0.1, 0.15) is 46.0 Å². The lowest BCUT2D eigenvalue weighted by atomic mass is 10.1. The number of nitrogens with zero attached hydrogens (tertiary/aromatic N) is 1. The molecule has 0 aliphatic rings. The summed E-state index contributed by atoms with van der Waals surface area (Å²) in [6.45, 7) is 6.18. The van der Waals surface area contributed by atoms with Crippen LogP contribution in [0.3, 0.4) is 0 Å². The number of rotatable bonds is 9. The molecule has 0 saturated carbocycles. The molecule has 0 amide bonds. The fourth-order valence-electron chi connectivity index (χ4n) is 1.58. The van der Waals surface area contributed by atoms with Crippen LogP contribution in [0.4, 0.5) is 0 Å². The molecule has 0 heterocycles. The number of carbonyl (C=O) groups is 1. The Balaban J connectivity index is 0. The number of esters is 1. The smallest absolute Gasteiger partial charge is 0.305 e. The number of nitrogens with one attached hydrogen (secondary N) is 2. The summed E-state index contributed by atoms with van der Waals surface area (Å²) >= 11 is 0. The first-order valence-electron chi connectivity index (χ1n) is 7.11. The zero-order valence-corrected chi connectivity index (χ0v) is 15.5. The highest BCUT2D eigenvalue weighted by atomic mass is 127. The summed E-state index contributed by atoms with van der Waals surface area (Å²) in [5.41, 5.74) is 0. The molecule has 0 aromatic rings. The van der Waals surface area contributed by atoms with Crippen LogP contribution < -0.4 is 10.6 Å². The fourth-order valence-corrected chi connectivity index (χ4v) is 1.58. The lowest BCUT2D eigenvalue weighted by Crippen LogP contribution is -2.39. The molecule has 0 bridgehead atoms. The lowest BCUT2D eigenvalue weighted by Gasteiger charge is -2.13. The number of guanidine groups is 1. The van der Waals surface area contributed by atoms with E-state index in [4.69, 9.17) is 0 Å². The first kappa shape index (κ1) is 21.8. The summed E-state index contributed by atoms with van der Waals surface area (Å²) in [7, 11) is 3.22. The third-order valence-electron chi connectivity index (χ3n) is 2.73. The normalized spacial score (nSPS) is 10.9. The summed E-state index contributed by atoms with van der Waals surface area (Å²) in [5.74, 6) is 1.36. The van der Waals surface area contributed by atoms with E-state index in [0.29, 0.717) is 12.3 Å². The lowest BCUT2D eigenvalue weighted by molar-refractivity contribution is -0.140. The minimum Gasteiger partial charge on any atom is -0.469 e. The molecular formula is C14H30IN3O2. The van der Waals surface area contributed by atoms with Gasteiger partial charge in [-0.3, -0.25) is 9.79 Å². The van der Waals surface area contributed by atoms with Crippen LogP contribution in [0.15, 0.2) is 4.99 Å². The third-order valence-corrected chi connectivity index (χ3v) is 2.73. The van der Waals surface area contributed by atoms with Crippen LogP contribution in [0.2, 0.25) is 0 Å². The van der Waals surface area contributed by atoms with Gasteiger partial charge in [-0.1, -0.05) is 26.7 Å². The SMILES string of the molecule is CN=C(NCCCCCCC(=O)OC)NCC(C)C.I. The Morgan fingerprint density at radius 2 is 1.80 bits per heavy atom. The molecule has 0 unspecified atom stereocenters. The second-order valence-corrected chi connectivity index (χ2v) is 5.01. The monoisotopic (exact) mass is 399 g/mol. The van der Waals surface area contributed by atoms with Crippen molar-refractivity contribution in [1.29, 1.82) is 0 Å². The van der Waals surface area contributed by atoms with E-state index in [1.807, 2.05) is 0 Å². The Labute approximate surface area is 140 Å². The number of carbonyl (C=O) groups excluding carboxylic acids is 1. The Hall–Kier alpha value is -0.530. The van der Waals surface area contributed by atoms with Crippen LogP contribution in [0, 0.1) is 5.92 Å². The second kappa shape index (κ2) is 14.9. The molecule has 0 rings (SSSR count). The summed E-state index contributed by atoms with van der Waals surface area (Å²) in [5, 5.41) is 6.55. The van der Waals surface area contributed by atoms with Gasteiger partial charge in [0.05, 0.1) is 7.11 Å². The Morgan fingerprint density at radius 3 is 2.35 bits per heavy atom. The Morgan fingerprint density at radius 1 is 1.15 bits per heavy atom. The van der Waals surface area contributed by atoms with Gasteiger partial charge in [0.1, 0.15) is 0 Å². The number of aliphatic imine (C=N–C) groups is 1. The molecule has 0 aromatic carbocycles. The number of methoxy groups -OCH3 is 1. The summed E-state index contributed by atoms with van der Waals surface area (Å²) in [6, 6.07) is 0. The van der Waals surface area contributed by atoms with Crippen molar-refractivity contribution in [1.82, 2.24) is 10.6 Å². The highest BCUT2D eigenvalue weighted by molar-refractivity contribution is 14.0. The van der Waals surface area contributed by atoms with E-state index in [9.17, 15) is 4.79 Å². The summed E-state index contributed by atoms with van der Waals surface area (Å²) in [6.07, 6.45) is 4.71. The molecule has 0 saturated heterocycles. The van der Waals surface area contributed by atoms with Gasteiger partial charge in [-0.15, -0.1) is 24.0 Å². The molecule has 0 radical (unpaired) electrons. The molecule has 6 heteroatoms. The predicted octanol–water partition coefficient (Wildman–Crippen LogP) is 2.55. The van der Waals surface area contributed by atoms with Gasteiger partial charge in [-0.25, -0.2) is 0 Å². The maximum Gasteiger partial charge on any atom is 0.305 e. The zero-order valence-electron chi connectivity index (χ0n) is 13.2. The van der Waals surface area contributed by atoms with Gasteiger partial charge in [0.25, 0.3) is 0 Å². The number of unbranched alkanes of at least 4 members (excludes halogenated alkanes) is 3. The fraction of sp³-hybridized carbons (Fsp3) is 0.857. The predicted molar refractivity (Wildman–Crippen MR) is 94.7 cm³/mol. The van der Waals surface area contributed by atoms with Gasteiger partial charge >= 0.3 is 5.97 Å². The van der Waals surface area contributed by atoms with E-state index >= 15 is 0 Å². The molecule has 0 aliphatic heterocycles. The minimum atomic E-state index is -0.114. The van der Waals surface area contributed by atoms with Crippen molar-refractivity contribution in [3.8, 4) is 0 Å². The van der Waals surface area contributed by atoms with Crippen molar-refractivity contribution in [2.24, 2.45) is 10.9 Å². The van der Waals surface area contributed by atoms with Gasteiger partial charge < -0.3 is 15.4 Å². The Bertz CT molecular complexity index is 271. The van der Waals surface area contributed by atoms with Gasteiger partial charge in [0, 0.05) is 26.6 Å². The van der Waals surface area contributed by atoms with Gasteiger partial charge in [-0.05, 0) is 18.8 Å². The van der Waals surface area contributed by atoms with Gasteiger partial charge in [0.15, 0.2) is 5.96 Å². The van der Waals surface area contributed by atoms with E-state index in [2.05, 4.69) is 34.2 Å². The molecule has 0 atom stereocenters. The molecular weight excluding hydrogens is 369 g/mol. The quantitative estimate of drug-likeness (QED) is 0.206. The van der Waals surface area contributed by atoms with Crippen LogP contribution in [-0.4, -0.2) is 39.2 Å². The molecule has 2 N–H and O–H groups in total. The number of hydrogen-bond donors (Lipinski definition) is 2. The van der Waals surface area contributed by atoms with Crippen LogP contribution in [0.5, 0.6) is 0 Å². The zero-order chi connectivity index (χ0) is 14.5. The summed E-state index contributed by atoms with van der Waals surface area (Å²) in [4.78, 5) is 15.1. The van der Waals surface area contributed by atoms with E-state index in [-0.39, 0.29) is 29.9 Å². The first-order valence-corrected chi connectivity index (χ1v) is 7.11. The largest absolute Gasteiger partial charge is 0.469 e. The molecule has 120 valence electrons. The van der Waals surface area contributed by atoms with Crippen molar-refractivity contribution in [2.75, 3.05) is 27.2 Å². The first-order chi connectivity index (χ1) is 9.10. The van der Waals surface area contributed by atoms with Crippen molar-refractivity contribution < 1.29 is 9.53 Å². The van der Waals surface area contributed by atoms with E-state index in [0.717, 1.165) is 44.7 Å². The molecule has 0 aromatic heterocycles. The number of halogens is 1. The van der Waals surface area contributed by atoms with E-state index in [1.54, 1.807) is 7.05 Å². The van der Waals surface area contributed by atoms with Crippen LogP contribution in [-0.2, 0) is 9.53 Å². The average Bonchev–Trinajstić information content (AvgIpc) is 2.40. The van der Waals surface area contributed by atoms with Crippen molar-refractivity contribution in [3.05, 3.63) is 0 Å². The molecule has 20 heavy (non-hydrogen) atoms.